The second kappa shape index (κ2) is 6.08. The molecule has 0 aliphatic carbocycles. The summed E-state index contributed by atoms with van der Waals surface area (Å²) < 4.78 is 5.10. The van der Waals surface area contributed by atoms with Crippen LogP contribution in [0.3, 0.4) is 0 Å². The summed E-state index contributed by atoms with van der Waals surface area (Å²) in [6.45, 7) is 1.60. The van der Waals surface area contributed by atoms with Crippen LogP contribution < -0.4 is 10.9 Å². The van der Waals surface area contributed by atoms with Crippen LogP contribution in [0.2, 0.25) is 0 Å². The third kappa shape index (κ3) is 2.92. The van der Waals surface area contributed by atoms with E-state index >= 15 is 0 Å². The lowest BCUT2D eigenvalue weighted by atomic mass is 10.1. The van der Waals surface area contributed by atoms with Gasteiger partial charge in [0.15, 0.2) is 0 Å². The first kappa shape index (κ1) is 16.2. The van der Waals surface area contributed by atoms with Gasteiger partial charge < -0.3 is 14.8 Å². The molecule has 8 nitrogen and oxygen atoms in total. The highest BCUT2D eigenvalue weighted by Gasteiger charge is 2.21. The minimum absolute atomic E-state index is 0.0632. The highest BCUT2D eigenvalue weighted by molar-refractivity contribution is 6.08. The molecule has 1 amide bonds. The number of carbonyl (C=O) groups is 1. The number of benzene rings is 2. The zero-order valence-electron chi connectivity index (χ0n) is 13.0. The predicted octanol–water partition coefficient (Wildman–Crippen LogP) is 2.97. The highest BCUT2D eigenvalue weighted by atomic mass is 16.6. The first-order valence-corrected chi connectivity index (χ1v) is 7.19. The van der Waals surface area contributed by atoms with Crippen LogP contribution in [0.1, 0.15) is 15.9 Å². The van der Waals surface area contributed by atoms with Crippen LogP contribution in [0.15, 0.2) is 51.7 Å². The number of phenols is 1. The zero-order valence-corrected chi connectivity index (χ0v) is 13.0. The maximum atomic E-state index is 12.4. The van der Waals surface area contributed by atoms with Crippen molar-refractivity contribution in [3.63, 3.8) is 0 Å². The van der Waals surface area contributed by atoms with Crippen molar-refractivity contribution >= 4 is 28.3 Å². The largest absolute Gasteiger partial charge is 0.508 e. The number of phenolic OH excluding ortho intramolecular Hbond substituents is 1. The average Bonchev–Trinajstić information content (AvgIpc) is 2.58. The molecule has 126 valence electrons. The number of amides is 1. The number of nitrogens with zero attached hydrogens (tertiary/aromatic N) is 1. The van der Waals surface area contributed by atoms with Gasteiger partial charge in [0.1, 0.15) is 22.6 Å². The fourth-order valence-corrected chi connectivity index (χ4v) is 2.49. The molecule has 0 unspecified atom stereocenters. The summed E-state index contributed by atoms with van der Waals surface area (Å²) in [5.41, 5.74) is -0.863. The molecule has 0 fully saturated rings. The number of anilines is 1. The molecule has 2 N–H and O–H groups in total. The fourth-order valence-electron chi connectivity index (χ4n) is 2.49. The summed E-state index contributed by atoms with van der Waals surface area (Å²) in [5, 5.41) is 23.4. The number of para-hydroxylation sites is 1. The summed E-state index contributed by atoms with van der Waals surface area (Å²) in [6.07, 6.45) is 0. The molecule has 0 aliphatic rings. The molecule has 0 spiro atoms. The molecule has 3 rings (SSSR count). The second-order valence-electron chi connectivity index (χ2n) is 5.30. The Kier molecular flexibility index (Phi) is 3.94. The van der Waals surface area contributed by atoms with E-state index in [1.54, 1.807) is 13.0 Å². The van der Waals surface area contributed by atoms with Gasteiger partial charge in [0, 0.05) is 17.5 Å². The third-order valence-electron chi connectivity index (χ3n) is 3.73. The van der Waals surface area contributed by atoms with Gasteiger partial charge in [-0.05, 0) is 30.7 Å². The number of hydrogen-bond donors (Lipinski definition) is 2. The molecule has 0 radical (unpaired) electrons. The van der Waals surface area contributed by atoms with Crippen LogP contribution in [0, 0.1) is 17.0 Å². The van der Waals surface area contributed by atoms with E-state index in [4.69, 9.17) is 4.42 Å². The minimum atomic E-state index is -0.817. The molecule has 0 saturated heterocycles. The van der Waals surface area contributed by atoms with E-state index in [0.29, 0.717) is 10.9 Å². The van der Waals surface area contributed by atoms with E-state index in [2.05, 4.69) is 5.32 Å². The molecule has 8 heteroatoms. The molecule has 1 aromatic heterocycles. The number of aromatic hydroxyl groups is 1. The Hall–Kier alpha value is -3.68. The Balaban J connectivity index is 2.07. The molecule has 0 saturated carbocycles. The zero-order chi connectivity index (χ0) is 18.1. The van der Waals surface area contributed by atoms with E-state index in [1.807, 2.05) is 0 Å². The summed E-state index contributed by atoms with van der Waals surface area (Å²) in [6, 6.07) is 9.68. The molecule has 0 bridgehead atoms. The lowest BCUT2D eigenvalue weighted by Crippen LogP contribution is -2.20. The van der Waals surface area contributed by atoms with Crippen molar-refractivity contribution < 1.29 is 19.2 Å². The van der Waals surface area contributed by atoms with Crippen molar-refractivity contribution in [1.82, 2.24) is 0 Å². The van der Waals surface area contributed by atoms with E-state index in [0.717, 1.165) is 0 Å². The second-order valence-corrected chi connectivity index (χ2v) is 5.30. The van der Waals surface area contributed by atoms with Crippen LogP contribution in [0.5, 0.6) is 5.75 Å². The minimum Gasteiger partial charge on any atom is -0.508 e. The van der Waals surface area contributed by atoms with Crippen molar-refractivity contribution in [1.29, 1.82) is 0 Å². The highest BCUT2D eigenvalue weighted by Crippen LogP contribution is 2.26. The maximum absolute atomic E-state index is 12.4. The lowest BCUT2D eigenvalue weighted by molar-refractivity contribution is -0.385. The van der Waals surface area contributed by atoms with Crippen LogP contribution >= 0.6 is 0 Å². The van der Waals surface area contributed by atoms with E-state index < -0.39 is 16.5 Å². The van der Waals surface area contributed by atoms with Gasteiger partial charge in [-0.1, -0.05) is 12.1 Å². The van der Waals surface area contributed by atoms with Crippen molar-refractivity contribution in [3.05, 3.63) is 74.1 Å². The average molecular weight is 340 g/mol. The van der Waals surface area contributed by atoms with Crippen molar-refractivity contribution in [2.45, 2.75) is 6.92 Å². The van der Waals surface area contributed by atoms with Crippen LogP contribution in [0.4, 0.5) is 11.4 Å². The summed E-state index contributed by atoms with van der Waals surface area (Å²) in [5.74, 6) is -0.854. The van der Waals surface area contributed by atoms with Gasteiger partial charge in [-0.2, -0.15) is 0 Å². The predicted molar refractivity (Wildman–Crippen MR) is 89.9 cm³/mol. The monoisotopic (exact) mass is 340 g/mol. The topological polar surface area (TPSA) is 123 Å². The van der Waals surface area contributed by atoms with Crippen LogP contribution in [0.25, 0.3) is 11.0 Å². The SMILES string of the molecule is Cc1c(NC(=O)c2ccccc2[N+](=O)[O-])c(=O)oc2cc(O)ccc12. The number of fused-ring (bicyclic) bond motifs is 1. The van der Waals surface area contributed by atoms with Crippen molar-refractivity contribution in [2.24, 2.45) is 0 Å². The van der Waals surface area contributed by atoms with Crippen LogP contribution in [-0.4, -0.2) is 15.9 Å². The van der Waals surface area contributed by atoms with E-state index in [9.17, 15) is 24.8 Å². The standard InChI is InChI=1S/C17H12N2O6/c1-9-11-7-6-10(20)8-14(11)25-17(22)15(9)18-16(21)12-4-2-3-5-13(12)19(23)24/h2-8,20H,1H3,(H,18,21). The Bertz CT molecular complexity index is 1070. The van der Waals surface area contributed by atoms with Gasteiger partial charge in [-0.15, -0.1) is 0 Å². The van der Waals surface area contributed by atoms with Gasteiger partial charge >= 0.3 is 5.63 Å². The normalized spacial score (nSPS) is 10.6. The van der Waals surface area contributed by atoms with Gasteiger partial charge in [-0.25, -0.2) is 4.79 Å². The fraction of sp³-hybridized carbons (Fsp3) is 0.0588. The molecule has 3 aromatic rings. The summed E-state index contributed by atoms with van der Waals surface area (Å²) in [7, 11) is 0. The van der Waals surface area contributed by atoms with Gasteiger partial charge in [0.2, 0.25) is 0 Å². The third-order valence-corrected chi connectivity index (χ3v) is 3.73. The number of nitro benzene ring substituents is 1. The molecular formula is C17H12N2O6. The van der Waals surface area contributed by atoms with E-state index in [-0.39, 0.29) is 28.3 Å². The Morgan fingerprint density at radius 3 is 2.68 bits per heavy atom. The van der Waals surface area contributed by atoms with Gasteiger partial charge in [-0.3, -0.25) is 14.9 Å². The quantitative estimate of drug-likeness (QED) is 0.429. The van der Waals surface area contributed by atoms with Gasteiger partial charge in [0.05, 0.1) is 4.92 Å². The number of hydrogen-bond acceptors (Lipinski definition) is 6. The molecule has 2 aromatic carbocycles. The number of carbonyl (C=O) groups excluding carboxylic acids is 1. The molecule has 25 heavy (non-hydrogen) atoms. The van der Waals surface area contributed by atoms with Crippen molar-refractivity contribution in [3.8, 4) is 5.75 Å². The van der Waals surface area contributed by atoms with Crippen LogP contribution in [-0.2, 0) is 0 Å². The number of aryl methyl sites for hydroxylation is 1. The maximum Gasteiger partial charge on any atom is 0.360 e. The van der Waals surface area contributed by atoms with Crippen molar-refractivity contribution in [2.75, 3.05) is 5.32 Å². The summed E-state index contributed by atoms with van der Waals surface area (Å²) in [4.78, 5) is 34.9. The molecular weight excluding hydrogens is 328 g/mol. The Morgan fingerprint density at radius 2 is 1.96 bits per heavy atom. The number of nitro groups is 1. The summed E-state index contributed by atoms with van der Waals surface area (Å²) >= 11 is 0. The molecule has 0 aliphatic heterocycles. The van der Waals surface area contributed by atoms with Gasteiger partial charge in [0.25, 0.3) is 11.6 Å². The lowest BCUT2D eigenvalue weighted by Gasteiger charge is -2.09. The number of rotatable bonds is 3. The Morgan fingerprint density at radius 1 is 1.24 bits per heavy atom. The number of nitrogens with one attached hydrogen (secondary N) is 1. The first-order valence-electron chi connectivity index (χ1n) is 7.19. The van der Waals surface area contributed by atoms with E-state index in [1.165, 1.54) is 36.4 Å². The Labute approximate surface area is 140 Å². The molecule has 0 atom stereocenters. The molecule has 1 heterocycles. The first-order chi connectivity index (χ1) is 11.9. The smallest absolute Gasteiger partial charge is 0.360 e.